The number of piperazine rings is 1. The average Bonchev–Trinajstić information content (AvgIpc) is 2.81. The number of rotatable bonds is 5. The summed E-state index contributed by atoms with van der Waals surface area (Å²) >= 11 is 0. The van der Waals surface area contributed by atoms with Crippen LogP contribution in [-0.4, -0.2) is 66.2 Å². The molecule has 126 valence electrons. The molecule has 2 N–H and O–H groups in total. The summed E-state index contributed by atoms with van der Waals surface area (Å²) < 4.78 is 5.48. The first-order valence-electron chi connectivity index (χ1n) is 7.86. The fourth-order valence-corrected chi connectivity index (χ4v) is 2.75. The number of anilines is 1. The number of aryl methyl sites for hydroxylation is 1. The third kappa shape index (κ3) is 3.91. The minimum Gasteiger partial charge on any atom is -0.444 e. The van der Waals surface area contributed by atoms with E-state index in [1.54, 1.807) is 13.8 Å². The van der Waals surface area contributed by atoms with Gasteiger partial charge in [0.2, 0.25) is 11.8 Å². The summed E-state index contributed by atoms with van der Waals surface area (Å²) in [5, 5.41) is 20.9. The predicted molar refractivity (Wildman–Crippen MR) is 86.1 cm³/mol. The van der Waals surface area contributed by atoms with Crippen molar-refractivity contribution in [3.63, 3.8) is 0 Å². The van der Waals surface area contributed by atoms with Gasteiger partial charge in [0.05, 0.1) is 12.6 Å². The summed E-state index contributed by atoms with van der Waals surface area (Å²) in [6.07, 6.45) is 0. The van der Waals surface area contributed by atoms with Gasteiger partial charge in [-0.2, -0.15) is 5.26 Å². The molecule has 0 saturated carbocycles. The highest BCUT2D eigenvalue weighted by atomic mass is 16.4. The van der Waals surface area contributed by atoms with Gasteiger partial charge < -0.3 is 9.52 Å². The Morgan fingerprint density at radius 1 is 1.39 bits per heavy atom. The lowest BCUT2D eigenvalue weighted by Crippen LogP contribution is -2.53. The molecule has 1 aliphatic rings. The van der Waals surface area contributed by atoms with E-state index in [1.807, 2.05) is 6.92 Å². The molecule has 0 spiro atoms. The molecule has 0 radical (unpaired) electrons. The molecule has 0 aliphatic carbocycles. The van der Waals surface area contributed by atoms with Gasteiger partial charge in [0.25, 0.3) is 0 Å². The van der Waals surface area contributed by atoms with Crippen LogP contribution in [0.15, 0.2) is 4.42 Å². The highest BCUT2D eigenvalue weighted by molar-refractivity contribution is 5.94. The fraction of sp³-hybridized carbons (Fsp3) is 0.625. The summed E-state index contributed by atoms with van der Waals surface area (Å²) in [4.78, 5) is 16.7. The maximum Gasteiger partial charge on any atom is 0.243 e. The standard InChI is InChI=1S/C16H24N4O3/c1-11-13(3)23-16(14(11)10-17)18-15(22)12(2)20-6-4-19(5-7-20)8-9-21/h12,21H,4-9H2,1-3H3,(H,18,22)/t12-/m0/s1. The van der Waals surface area contributed by atoms with Gasteiger partial charge in [-0.3, -0.25) is 19.9 Å². The zero-order valence-electron chi connectivity index (χ0n) is 13.9. The summed E-state index contributed by atoms with van der Waals surface area (Å²) in [5.74, 6) is 0.700. The van der Waals surface area contributed by atoms with Crippen LogP contribution in [0, 0.1) is 25.2 Å². The lowest BCUT2D eigenvalue weighted by molar-refractivity contribution is -0.121. The number of hydrogen-bond donors (Lipinski definition) is 2. The Bertz CT molecular complexity index is 597. The second-order valence-electron chi connectivity index (χ2n) is 5.87. The van der Waals surface area contributed by atoms with Crippen molar-refractivity contribution in [1.29, 1.82) is 5.26 Å². The summed E-state index contributed by atoms with van der Waals surface area (Å²) in [6.45, 7) is 9.47. The third-order valence-electron chi connectivity index (χ3n) is 4.48. The van der Waals surface area contributed by atoms with Gasteiger partial charge in [-0.1, -0.05) is 0 Å². The maximum absolute atomic E-state index is 12.4. The molecule has 1 atom stereocenters. The normalized spacial score (nSPS) is 17.7. The molecule has 1 saturated heterocycles. The molecule has 0 unspecified atom stereocenters. The topological polar surface area (TPSA) is 92.7 Å². The Kier molecular flexibility index (Phi) is 5.77. The summed E-state index contributed by atoms with van der Waals surface area (Å²) in [6, 6.07) is 1.77. The quantitative estimate of drug-likeness (QED) is 0.830. The number of carbonyl (C=O) groups excluding carboxylic acids is 1. The van der Waals surface area contributed by atoms with Crippen molar-refractivity contribution in [2.45, 2.75) is 26.8 Å². The Morgan fingerprint density at radius 3 is 2.61 bits per heavy atom. The number of hydrogen-bond acceptors (Lipinski definition) is 6. The van der Waals surface area contributed by atoms with Crippen LogP contribution >= 0.6 is 0 Å². The minimum absolute atomic E-state index is 0.157. The van der Waals surface area contributed by atoms with Gasteiger partial charge in [0.15, 0.2) is 0 Å². The molecule has 1 aliphatic heterocycles. The number of aliphatic hydroxyl groups excluding tert-OH is 1. The van der Waals surface area contributed by atoms with Crippen molar-refractivity contribution >= 4 is 11.8 Å². The van der Waals surface area contributed by atoms with Crippen LogP contribution in [0.4, 0.5) is 5.88 Å². The maximum atomic E-state index is 12.4. The number of furan rings is 1. The van der Waals surface area contributed by atoms with E-state index in [4.69, 9.17) is 9.52 Å². The molecular weight excluding hydrogens is 296 g/mol. The Balaban J connectivity index is 1.96. The molecular formula is C16H24N4O3. The lowest BCUT2D eigenvalue weighted by Gasteiger charge is -2.37. The van der Waals surface area contributed by atoms with Gasteiger partial charge in [0.1, 0.15) is 17.4 Å². The first kappa shape index (κ1) is 17.5. The van der Waals surface area contributed by atoms with Crippen molar-refractivity contribution in [2.75, 3.05) is 44.6 Å². The first-order valence-corrected chi connectivity index (χ1v) is 7.86. The largest absolute Gasteiger partial charge is 0.444 e. The number of nitriles is 1. The highest BCUT2D eigenvalue weighted by Crippen LogP contribution is 2.25. The molecule has 1 amide bonds. The number of amides is 1. The van der Waals surface area contributed by atoms with E-state index < -0.39 is 0 Å². The van der Waals surface area contributed by atoms with Gasteiger partial charge >= 0.3 is 0 Å². The Hall–Kier alpha value is -1.88. The SMILES string of the molecule is Cc1oc(NC(=O)[C@H](C)N2CCN(CCO)CC2)c(C#N)c1C. The van der Waals surface area contributed by atoms with Crippen LogP contribution in [-0.2, 0) is 4.79 Å². The number of carbonyl (C=O) groups is 1. The van der Waals surface area contributed by atoms with Crippen molar-refractivity contribution in [1.82, 2.24) is 9.80 Å². The minimum atomic E-state index is -0.302. The van der Waals surface area contributed by atoms with E-state index in [-0.39, 0.29) is 24.4 Å². The number of aliphatic hydroxyl groups is 1. The second kappa shape index (κ2) is 7.59. The molecule has 23 heavy (non-hydrogen) atoms. The molecule has 1 aromatic heterocycles. The lowest BCUT2D eigenvalue weighted by atomic mass is 10.1. The van der Waals surface area contributed by atoms with Crippen LogP contribution in [0.25, 0.3) is 0 Å². The zero-order valence-corrected chi connectivity index (χ0v) is 13.9. The van der Waals surface area contributed by atoms with Crippen LogP contribution in [0.3, 0.4) is 0 Å². The third-order valence-corrected chi connectivity index (χ3v) is 4.48. The second-order valence-corrected chi connectivity index (χ2v) is 5.87. The predicted octanol–water partition coefficient (Wildman–Crippen LogP) is 0.705. The Labute approximate surface area is 136 Å². The van der Waals surface area contributed by atoms with Crippen molar-refractivity contribution in [2.24, 2.45) is 0 Å². The molecule has 0 aromatic carbocycles. The van der Waals surface area contributed by atoms with E-state index in [0.29, 0.717) is 17.9 Å². The van der Waals surface area contributed by atoms with Gasteiger partial charge in [-0.15, -0.1) is 0 Å². The average molecular weight is 320 g/mol. The fourth-order valence-electron chi connectivity index (χ4n) is 2.75. The van der Waals surface area contributed by atoms with Crippen molar-refractivity contribution < 1.29 is 14.3 Å². The van der Waals surface area contributed by atoms with Crippen LogP contribution < -0.4 is 5.32 Å². The summed E-state index contributed by atoms with van der Waals surface area (Å²) in [5.41, 5.74) is 1.14. The van der Waals surface area contributed by atoms with Gasteiger partial charge in [-0.05, 0) is 20.8 Å². The smallest absolute Gasteiger partial charge is 0.243 e. The number of nitrogens with one attached hydrogen (secondary N) is 1. The van der Waals surface area contributed by atoms with E-state index in [1.165, 1.54) is 0 Å². The molecule has 1 fully saturated rings. The van der Waals surface area contributed by atoms with Gasteiger partial charge in [0, 0.05) is 38.3 Å². The van der Waals surface area contributed by atoms with Gasteiger partial charge in [-0.25, -0.2) is 0 Å². The van der Waals surface area contributed by atoms with Crippen molar-refractivity contribution in [3.8, 4) is 6.07 Å². The van der Waals surface area contributed by atoms with E-state index in [2.05, 4.69) is 21.2 Å². The summed E-state index contributed by atoms with van der Waals surface area (Å²) in [7, 11) is 0. The Morgan fingerprint density at radius 2 is 2.04 bits per heavy atom. The molecule has 1 aromatic rings. The monoisotopic (exact) mass is 320 g/mol. The van der Waals surface area contributed by atoms with Crippen molar-refractivity contribution in [3.05, 3.63) is 16.9 Å². The molecule has 2 rings (SSSR count). The van der Waals surface area contributed by atoms with E-state index in [0.717, 1.165) is 31.7 Å². The zero-order chi connectivity index (χ0) is 17.0. The van der Waals surface area contributed by atoms with E-state index in [9.17, 15) is 10.1 Å². The van der Waals surface area contributed by atoms with Crippen LogP contribution in [0.2, 0.25) is 0 Å². The molecule has 7 nitrogen and oxygen atoms in total. The highest BCUT2D eigenvalue weighted by Gasteiger charge is 2.27. The number of nitrogens with zero attached hydrogens (tertiary/aromatic N) is 3. The number of β-amino-alcohol motifs (C(OH)–C–C–N with tert-alkyl or cyclic N) is 1. The molecule has 2 heterocycles. The molecule has 7 heteroatoms. The van der Waals surface area contributed by atoms with Crippen LogP contribution in [0.5, 0.6) is 0 Å². The first-order chi connectivity index (χ1) is 11.0. The molecule has 0 bridgehead atoms. The van der Waals surface area contributed by atoms with Crippen LogP contribution in [0.1, 0.15) is 23.8 Å². The van der Waals surface area contributed by atoms with E-state index >= 15 is 0 Å².